The lowest BCUT2D eigenvalue weighted by Gasteiger charge is -2.39. The molecule has 3 atom stereocenters. The third-order valence-electron chi connectivity index (χ3n) is 6.57. The van der Waals surface area contributed by atoms with E-state index >= 15 is 4.39 Å². The summed E-state index contributed by atoms with van der Waals surface area (Å²) in [7, 11) is 0. The summed E-state index contributed by atoms with van der Waals surface area (Å²) in [6.07, 6.45) is -2.33. The van der Waals surface area contributed by atoms with Crippen molar-refractivity contribution in [3.8, 4) is 5.75 Å². The first-order chi connectivity index (χ1) is 17.4. The molecule has 0 radical (unpaired) electrons. The average Bonchev–Trinajstić information content (AvgIpc) is 2.89. The lowest BCUT2D eigenvalue weighted by Crippen LogP contribution is -2.46. The molecule has 1 heterocycles. The van der Waals surface area contributed by atoms with Crippen LogP contribution in [0.3, 0.4) is 0 Å². The highest BCUT2D eigenvalue weighted by atomic mass is 35.5. The molecule has 0 aliphatic carbocycles. The largest absolute Gasteiger partial charge is 0.480 e. The number of benzene rings is 4. The molecule has 0 bridgehead atoms. The van der Waals surface area contributed by atoms with Crippen LogP contribution in [0.25, 0.3) is 10.8 Å². The number of carboxylic acid groups (broad SMARTS) is 1. The molecule has 192 valence electrons. The van der Waals surface area contributed by atoms with E-state index in [0.29, 0.717) is 12.2 Å². The predicted molar refractivity (Wildman–Crippen MR) is 143 cm³/mol. The molecule has 0 saturated carbocycles. The first kappa shape index (κ1) is 26.4. The lowest BCUT2D eigenvalue weighted by molar-refractivity contribution is 0.0696. The van der Waals surface area contributed by atoms with Crippen molar-refractivity contribution >= 4 is 40.5 Å². The zero-order valence-corrected chi connectivity index (χ0v) is 20.9. The second-order valence-electron chi connectivity index (χ2n) is 8.88. The van der Waals surface area contributed by atoms with Crippen molar-refractivity contribution < 1.29 is 23.4 Å². The number of carbonyl (C=O) groups is 1. The van der Waals surface area contributed by atoms with E-state index in [9.17, 15) is 14.3 Å². The van der Waals surface area contributed by atoms with Crippen LogP contribution in [0.1, 0.15) is 35.3 Å². The number of aromatic carboxylic acids is 1. The van der Waals surface area contributed by atoms with Crippen LogP contribution in [0.4, 0.5) is 20.2 Å². The van der Waals surface area contributed by atoms with Crippen LogP contribution < -0.4 is 15.0 Å². The van der Waals surface area contributed by atoms with Crippen molar-refractivity contribution in [2.24, 2.45) is 0 Å². The van der Waals surface area contributed by atoms with Crippen LogP contribution in [-0.4, -0.2) is 30.0 Å². The highest BCUT2D eigenvalue weighted by molar-refractivity contribution is 5.89. The van der Waals surface area contributed by atoms with Crippen molar-refractivity contribution in [1.82, 2.24) is 5.32 Å². The van der Waals surface area contributed by atoms with Crippen molar-refractivity contribution in [1.29, 1.82) is 0 Å². The third-order valence-corrected chi connectivity index (χ3v) is 6.57. The Balaban J connectivity index is 0.00000320. The first-order valence-electron chi connectivity index (χ1n) is 11.9. The van der Waals surface area contributed by atoms with Gasteiger partial charge >= 0.3 is 5.97 Å². The van der Waals surface area contributed by atoms with E-state index in [0.717, 1.165) is 16.3 Å². The smallest absolute Gasteiger partial charge is 0.335 e. The Morgan fingerprint density at radius 1 is 1.05 bits per heavy atom. The summed E-state index contributed by atoms with van der Waals surface area (Å²) in [6.45, 7) is 2.48. The average molecular weight is 525 g/mol. The summed E-state index contributed by atoms with van der Waals surface area (Å²) in [5.41, 5.74) is 1.70. The van der Waals surface area contributed by atoms with Gasteiger partial charge in [0, 0.05) is 18.2 Å². The molecule has 37 heavy (non-hydrogen) atoms. The summed E-state index contributed by atoms with van der Waals surface area (Å²) in [6, 6.07) is 24.6. The Morgan fingerprint density at radius 3 is 2.59 bits per heavy atom. The fourth-order valence-corrected chi connectivity index (χ4v) is 4.76. The summed E-state index contributed by atoms with van der Waals surface area (Å²) >= 11 is 0. The van der Waals surface area contributed by atoms with Crippen molar-refractivity contribution in [2.45, 2.75) is 31.8 Å². The Bertz CT molecular complexity index is 1410. The van der Waals surface area contributed by atoms with Crippen LogP contribution in [-0.2, 0) is 0 Å². The zero-order chi connectivity index (χ0) is 25.2. The number of ether oxygens (including phenoxy) is 1. The molecule has 4 aromatic carbocycles. The van der Waals surface area contributed by atoms with Gasteiger partial charge in [0.05, 0.1) is 11.3 Å². The monoisotopic (exact) mass is 524 g/mol. The quantitative estimate of drug-likeness (QED) is 0.254. The number of halogens is 3. The van der Waals surface area contributed by atoms with Gasteiger partial charge in [-0.25, -0.2) is 13.6 Å². The van der Waals surface area contributed by atoms with E-state index in [-0.39, 0.29) is 41.9 Å². The molecule has 8 heteroatoms. The first-order valence-corrected chi connectivity index (χ1v) is 11.9. The molecule has 2 N–H and O–H groups in total. The fraction of sp³-hybridized carbons (Fsp3) is 0.207. The molecule has 4 aromatic rings. The number of hydrogen-bond acceptors (Lipinski definition) is 4. The van der Waals surface area contributed by atoms with Gasteiger partial charge in [-0.1, -0.05) is 54.6 Å². The van der Waals surface area contributed by atoms with Crippen LogP contribution in [0.15, 0.2) is 84.9 Å². The molecule has 0 aromatic heterocycles. The SMILES string of the molecule is C[C@@H](NCCC1Oc2c(F)cccc2N(c2cccc(C(=O)O)c2)C1F)c1cccc2ccccc12.Cl. The van der Waals surface area contributed by atoms with E-state index in [1.807, 2.05) is 18.2 Å². The molecule has 5 nitrogen and oxygen atoms in total. The van der Waals surface area contributed by atoms with Gasteiger partial charge in [-0.3, -0.25) is 0 Å². The van der Waals surface area contributed by atoms with E-state index in [1.54, 1.807) is 18.2 Å². The van der Waals surface area contributed by atoms with E-state index in [2.05, 4.69) is 36.5 Å². The van der Waals surface area contributed by atoms with Crippen LogP contribution in [0.5, 0.6) is 5.75 Å². The Kier molecular flexibility index (Phi) is 7.95. The second kappa shape index (κ2) is 11.2. The van der Waals surface area contributed by atoms with Gasteiger partial charge in [0.15, 0.2) is 17.7 Å². The van der Waals surface area contributed by atoms with Gasteiger partial charge < -0.3 is 20.1 Å². The third kappa shape index (κ3) is 5.24. The molecule has 1 aliphatic heterocycles. The highest BCUT2D eigenvalue weighted by Crippen LogP contribution is 2.43. The maximum absolute atomic E-state index is 15.9. The standard InChI is InChI=1S/C29H26F2N2O3.ClH/c1-18(22-12-5-8-19-7-2-3-11-23(19)22)32-16-15-26-28(31)33(21-10-4-9-20(17-21)29(34)35)25-14-6-13-24(30)27(25)36-26;/h2-14,17-18,26,28,32H,15-16H2,1H3,(H,34,35);1H/t18-,26?,28?;/m1./s1. The van der Waals surface area contributed by atoms with Gasteiger partial charge in [0.25, 0.3) is 0 Å². The van der Waals surface area contributed by atoms with E-state index < -0.39 is 24.2 Å². The number of carboxylic acids is 1. The van der Waals surface area contributed by atoms with Crippen LogP contribution in [0, 0.1) is 5.82 Å². The summed E-state index contributed by atoms with van der Waals surface area (Å²) in [5.74, 6) is -1.76. The van der Waals surface area contributed by atoms with Crippen molar-refractivity contribution in [2.75, 3.05) is 11.4 Å². The number of fused-ring (bicyclic) bond motifs is 2. The van der Waals surface area contributed by atoms with Crippen LogP contribution in [0.2, 0.25) is 0 Å². The van der Waals surface area contributed by atoms with Crippen molar-refractivity contribution in [3.63, 3.8) is 0 Å². The zero-order valence-electron chi connectivity index (χ0n) is 20.1. The van der Waals surface area contributed by atoms with Gasteiger partial charge in [0.1, 0.15) is 0 Å². The van der Waals surface area contributed by atoms with Gasteiger partial charge in [-0.05, 0) is 60.1 Å². The van der Waals surface area contributed by atoms with Crippen LogP contribution >= 0.6 is 12.4 Å². The molecule has 1 aliphatic rings. The highest BCUT2D eigenvalue weighted by Gasteiger charge is 2.38. The van der Waals surface area contributed by atoms with E-state index in [4.69, 9.17) is 4.74 Å². The lowest BCUT2D eigenvalue weighted by atomic mass is 9.99. The Labute approximate surface area is 220 Å². The van der Waals surface area contributed by atoms with E-state index in [1.165, 1.54) is 29.2 Å². The maximum Gasteiger partial charge on any atom is 0.335 e. The molecule has 0 saturated heterocycles. The summed E-state index contributed by atoms with van der Waals surface area (Å²) in [5, 5.41) is 15.1. The van der Waals surface area contributed by atoms with Gasteiger partial charge in [-0.15, -0.1) is 12.4 Å². The maximum atomic E-state index is 15.9. The van der Waals surface area contributed by atoms with Gasteiger partial charge in [0.2, 0.25) is 6.30 Å². The van der Waals surface area contributed by atoms with Gasteiger partial charge in [-0.2, -0.15) is 0 Å². The van der Waals surface area contributed by atoms with Crippen molar-refractivity contribution in [3.05, 3.63) is 102 Å². The minimum absolute atomic E-state index is 0. The molecular weight excluding hydrogens is 498 g/mol. The Morgan fingerprint density at radius 2 is 1.78 bits per heavy atom. The molecule has 0 fully saturated rings. The number of para-hydroxylation sites is 1. The fourth-order valence-electron chi connectivity index (χ4n) is 4.76. The summed E-state index contributed by atoms with van der Waals surface area (Å²) < 4.78 is 36.4. The number of rotatable bonds is 7. The number of nitrogens with zero attached hydrogens (tertiary/aromatic N) is 1. The second-order valence-corrected chi connectivity index (χ2v) is 8.88. The molecule has 2 unspecified atom stereocenters. The molecule has 0 amide bonds. The summed E-state index contributed by atoms with van der Waals surface area (Å²) in [4.78, 5) is 12.8. The minimum Gasteiger partial charge on any atom is -0.480 e. The molecule has 0 spiro atoms. The number of nitrogens with one attached hydrogen (secondary N) is 1. The predicted octanol–water partition coefficient (Wildman–Crippen LogP) is 7.03. The molecule has 5 rings (SSSR count). The minimum atomic E-state index is -1.64. The normalized spacial score (nSPS) is 17.4. The number of alkyl halides is 1. The Hall–Kier alpha value is -3.68. The molecular formula is C29H27ClF2N2O3. The number of anilines is 2. The number of hydrogen-bond donors (Lipinski definition) is 2. The topological polar surface area (TPSA) is 61.8 Å².